The number of benzene rings is 1. The van der Waals surface area contributed by atoms with E-state index in [4.69, 9.17) is 0 Å². The Balaban J connectivity index is 2.00. The lowest BCUT2D eigenvalue weighted by molar-refractivity contribution is -0.136. The maximum atomic E-state index is 13.1. The van der Waals surface area contributed by atoms with Crippen LogP contribution in [0.2, 0.25) is 0 Å². The van der Waals surface area contributed by atoms with Gasteiger partial charge in [0.15, 0.2) is 0 Å². The van der Waals surface area contributed by atoms with Crippen molar-refractivity contribution in [1.29, 1.82) is 0 Å². The third kappa shape index (κ3) is 4.07. The summed E-state index contributed by atoms with van der Waals surface area (Å²) in [6.07, 6.45) is 2.63. The number of nitrogens with one attached hydrogen (secondary N) is 1. The molecule has 4 nitrogen and oxygen atoms in total. The highest BCUT2D eigenvalue weighted by Gasteiger charge is 2.34. The van der Waals surface area contributed by atoms with Crippen molar-refractivity contribution in [3.05, 3.63) is 42.7 Å². The van der Waals surface area contributed by atoms with Crippen molar-refractivity contribution < 1.29 is 14.0 Å². The maximum absolute atomic E-state index is 13.1. The van der Waals surface area contributed by atoms with Gasteiger partial charge in [-0.2, -0.15) is 0 Å². The average molecular weight is 308 g/mol. The van der Waals surface area contributed by atoms with E-state index in [1.54, 1.807) is 17.0 Å². The summed E-state index contributed by atoms with van der Waals surface area (Å²) >= 11 is 1.54. The van der Waals surface area contributed by atoms with Crippen LogP contribution in [0.5, 0.6) is 0 Å². The molecule has 1 N–H and O–H groups in total. The summed E-state index contributed by atoms with van der Waals surface area (Å²) in [5.41, 5.74) is 0.399. The van der Waals surface area contributed by atoms with Gasteiger partial charge in [-0.1, -0.05) is 12.1 Å². The Kier molecular flexibility index (Phi) is 5.38. The van der Waals surface area contributed by atoms with Crippen molar-refractivity contribution in [1.82, 2.24) is 4.90 Å². The van der Waals surface area contributed by atoms with Crippen LogP contribution in [0.3, 0.4) is 0 Å². The van der Waals surface area contributed by atoms with Crippen molar-refractivity contribution in [2.75, 3.05) is 16.9 Å². The van der Waals surface area contributed by atoms with Crippen molar-refractivity contribution >= 4 is 29.3 Å². The van der Waals surface area contributed by atoms with E-state index in [9.17, 15) is 14.0 Å². The summed E-state index contributed by atoms with van der Waals surface area (Å²) in [7, 11) is 0. The largest absolute Gasteiger partial charge is 0.324 e. The number of carbonyl (C=O) groups excluding carboxylic acids is 2. The van der Waals surface area contributed by atoms with Crippen LogP contribution in [0.1, 0.15) is 12.8 Å². The van der Waals surface area contributed by atoms with Crippen LogP contribution in [0, 0.1) is 5.82 Å². The number of thioether (sulfide) groups is 1. The lowest BCUT2D eigenvalue weighted by Crippen LogP contribution is -2.44. The van der Waals surface area contributed by atoms with Gasteiger partial charge in [0.2, 0.25) is 11.8 Å². The van der Waals surface area contributed by atoms with E-state index in [-0.39, 0.29) is 11.8 Å². The number of carbonyl (C=O) groups is 2. The molecule has 2 rings (SSSR count). The Morgan fingerprint density at radius 1 is 1.52 bits per heavy atom. The predicted octanol–water partition coefficient (Wildman–Crippen LogP) is 2.63. The zero-order chi connectivity index (χ0) is 15.2. The Hall–Kier alpha value is -1.82. The fourth-order valence-corrected chi connectivity index (χ4v) is 3.25. The molecule has 0 radical (unpaired) electrons. The van der Waals surface area contributed by atoms with Crippen LogP contribution in [0.15, 0.2) is 36.9 Å². The van der Waals surface area contributed by atoms with E-state index in [1.807, 2.05) is 0 Å². The molecule has 1 atom stereocenters. The molecule has 6 heteroatoms. The minimum atomic E-state index is -0.504. The van der Waals surface area contributed by atoms with Crippen LogP contribution in [0.25, 0.3) is 0 Å². The number of amides is 2. The Labute approximate surface area is 127 Å². The van der Waals surface area contributed by atoms with E-state index < -0.39 is 11.9 Å². The first kappa shape index (κ1) is 15.6. The molecule has 1 aliphatic heterocycles. The molecule has 1 saturated heterocycles. The zero-order valence-electron chi connectivity index (χ0n) is 11.5. The van der Waals surface area contributed by atoms with Gasteiger partial charge in [-0.3, -0.25) is 9.59 Å². The number of nitrogens with zero attached hydrogens (tertiary/aromatic N) is 1. The summed E-state index contributed by atoms with van der Waals surface area (Å²) in [4.78, 5) is 25.9. The monoisotopic (exact) mass is 308 g/mol. The molecule has 21 heavy (non-hydrogen) atoms. The molecule has 112 valence electrons. The highest BCUT2D eigenvalue weighted by molar-refractivity contribution is 7.99. The van der Waals surface area contributed by atoms with Crippen molar-refractivity contribution in [2.24, 2.45) is 0 Å². The topological polar surface area (TPSA) is 49.4 Å². The first-order chi connectivity index (χ1) is 10.1. The van der Waals surface area contributed by atoms with E-state index in [0.717, 1.165) is 0 Å². The van der Waals surface area contributed by atoms with E-state index >= 15 is 0 Å². The summed E-state index contributed by atoms with van der Waals surface area (Å²) < 4.78 is 13.1. The zero-order valence-corrected chi connectivity index (χ0v) is 12.4. The fraction of sp³-hybridized carbons (Fsp3) is 0.333. The highest BCUT2D eigenvalue weighted by atomic mass is 32.2. The number of halogens is 1. The molecule has 1 fully saturated rings. The fourth-order valence-electron chi connectivity index (χ4n) is 2.07. The van der Waals surface area contributed by atoms with Gasteiger partial charge in [0.25, 0.3) is 0 Å². The first-order valence-electron chi connectivity index (χ1n) is 6.66. The van der Waals surface area contributed by atoms with Gasteiger partial charge in [0, 0.05) is 17.9 Å². The molecule has 1 heterocycles. The van der Waals surface area contributed by atoms with Gasteiger partial charge >= 0.3 is 0 Å². The van der Waals surface area contributed by atoms with Crippen LogP contribution >= 0.6 is 11.8 Å². The molecule has 1 aromatic rings. The van der Waals surface area contributed by atoms with Crippen LogP contribution in [-0.2, 0) is 9.59 Å². The molecule has 0 bridgehead atoms. The predicted molar refractivity (Wildman–Crippen MR) is 82.4 cm³/mol. The molecular formula is C15H17FN2O2S. The number of rotatable bonds is 5. The average Bonchev–Trinajstić information content (AvgIpc) is 2.94. The molecule has 1 aromatic carbocycles. The van der Waals surface area contributed by atoms with Gasteiger partial charge in [-0.05, 0) is 24.6 Å². The third-order valence-electron chi connectivity index (χ3n) is 3.16. The lowest BCUT2D eigenvalue weighted by atomic mass is 10.2. The van der Waals surface area contributed by atoms with Crippen molar-refractivity contribution in [3.63, 3.8) is 0 Å². The third-order valence-corrected chi connectivity index (χ3v) is 4.17. The molecule has 0 saturated carbocycles. The quantitative estimate of drug-likeness (QED) is 0.851. The summed E-state index contributed by atoms with van der Waals surface area (Å²) in [5, 5.41) is 2.66. The number of hydrogen-bond donors (Lipinski definition) is 1. The standard InChI is InChI=1S/C15H17FN2O2S/c1-2-3-7-14(19)18-10-21-9-13(18)15(20)17-12-6-4-5-11(16)8-12/h2,4-6,8,13H,1,3,7,9-10H2,(H,17,20). The van der Waals surface area contributed by atoms with Gasteiger partial charge in [0.05, 0.1) is 5.88 Å². The maximum Gasteiger partial charge on any atom is 0.248 e. The van der Waals surface area contributed by atoms with Gasteiger partial charge in [0.1, 0.15) is 11.9 Å². The second kappa shape index (κ2) is 7.26. The highest BCUT2D eigenvalue weighted by Crippen LogP contribution is 2.23. The summed E-state index contributed by atoms with van der Waals surface area (Å²) in [6, 6.07) is 5.21. The molecule has 0 spiro atoms. The van der Waals surface area contributed by atoms with Crippen molar-refractivity contribution in [3.8, 4) is 0 Å². The van der Waals surface area contributed by atoms with Gasteiger partial charge < -0.3 is 10.2 Å². The summed E-state index contributed by atoms with van der Waals surface area (Å²) in [5.74, 6) is 0.322. The molecule has 1 unspecified atom stereocenters. The van der Waals surface area contributed by atoms with Crippen LogP contribution in [-0.4, -0.2) is 34.4 Å². The minimum Gasteiger partial charge on any atom is -0.324 e. The lowest BCUT2D eigenvalue weighted by Gasteiger charge is -2.23. The number of allylic oxidation sites excluding steroid dienone is 1. The van der Waals surface area contributed by atoms with Crippen molar-refractivity contribution in [2.45, 2.75) is 18.9 Å². The molecule has 0 aliphatic carbocycles. The van der Waals surface area contributed by atoms with E-state index in [0.29, 0.717) is 30.2 Å². The first-order valence-corrected chi connectivity index (χ1v) is 7.82. The Morgan fingerprint density at radius 3 is 3.05 bits per heavy atom. The van der Waals surface area contributed by atoms with E-state index in [2.05, 4.69) is 11.9 Å². The molecule has 0 aromatic heterocycles. The second-order valence-corrected chi connectivity index (χ2v) is 5.71. The Bertz CT molecular complexity index is 550. The number of anilines is 1. The van der Waals surface area contributed by atoms with E-state index in [1.165, 1.54) is 30.0 Å². The molecule has 2 amide bonds. The molecule has 1 aliphatic rings. The van der Waals surface area contributed by atoms with Crippen LogP contribution < -0.4 is 5.32 Å². The minimum absolute atomic E-state index is 0.0562. The Morgan fingerprint density at radius 2 is 2.33 bits per heavy atom. The number of hydrogen-bond acceptors (Lipinski definition) is 3. The SMILES string of the molecule is C=CCCC(=O)N1CSCC1C(=O)Nc1cccc(F)c1. The van der Waals surface area contributed by atoms with Gasteiger partial charge in [-0.25, -0.2) is 4.39 Å². The summed E-state index contributed by atoms with van der Waals surface area (Å²) in [6.45, 7) is 3.59. The molecular weight excluding hydrogens is 291 g/mol. The smallest absolute Gasteiger partial charge is 0.248 e. The normalized spacial score (nSPS) is 17.6. The second-order valence-electron chi connectivity index (χ2n) is 4.71. The van der Waals surface area contributed by atoms with Crippen LogP contribution in [0.4, 0.5) is 10.1 Å². The van der Waals surface area contributed by atoms with Gasteiger partial charge in [-0.15, -0.1) is 18.3 Å².